The summed E-state index contributed by atoms with van der Waals surface area (Å²) in [6, 6.07) is 0. The molecule has 0 aromatic heterocycles. The number of hydrogen-bond donors (Lipinski definition) is 3. The second-order valence-corrected chi connectivity index (χ2v) is 1.29. The van der Waals surface area contributed by atoms with Crippen molar-refractivity contribution in [1.29, 1.82) is 0 Å². The van der Waals surface area contributed by atoms with Crippen LogP contribution in [0.4, 0.5) is 0 Å². The average molecular weight is 119 g/mol. The van der Waals surface area contributed by atoms with Crippen LogP contribution >= 0.6 is 0 Å². The van der Waals surface area contributed by atoms with Gasteiger partial charge in [0.15, 0.2) is 0 Å². The molecule has 0 heterocycles. The molecule has 0 saturated carbocycles. The zero-order valence-corrected chi connectivity index (χ0v) is 4.42. The van der Waals surface area contributed by atoms with Gasteiger partial charge >= 0.3 is 5.97 Å². The fourth-order valence-corrected chi connectivity index (χ4v) is 0.274. The monoisotopic (exact) mass is 119 g/mol. The molecular weight excluding hydrogens is 110 g/mol. The fourth-order valence-electron chi connectivity index (χ4n) is 0.274. The molecule has 0 radical (unpaired) electrons. The van der Waals surface area contributed by atoms with E-state index in [1.54, 1.807) is 0 Å². The third-order valence-corrected chi connectivity index (χ3v) is 0.565. The van der Waals surface area contributed by atoms with E-state index in [1.807, 2.05) is 0 Å². The van der Waals surface area contributed by atoms with Crippen LogP contribution < -0.4 is 5.32 Å². The van der Waals surface area contributed by atoms with Crippen LogP contribution in [-0.4, -0.2) is 35.9 Å². The van der Waals surface area contributed by atoms with Crippen LogP contribution in [0.5, 0.6) is 0 Å². The molecule has 0 unspecified atom stereocenters. The molecule has 0 saturated heterocycles. The van der Waals surface area contributed by atoms with E-state index in [1.165, 1.54) is 0 Å². The number of aliphatic hydroxyl groups excluding tert-OH is 1. The Morgan fingerprint density at radius 3 is 2.62 bits per heavy atom. The van der Waals surface area contributed by atoms with Crippen molar-refractivity contribution in [3.63, 3.8) is 0 Å². The Bertz CT molecular complexity index is 73.7. The van der Waals surface area contributed by atoms with Crippen molar-refractivity contribution in [3.8, 4) is 0 Å². The number of aliphatic carboxylic acids is 1. The van der Waals surface area contributed by atoms with Crippen LogP contribution in [0.1, 0.15) is 0 Å². The maximum Gasteiger partial charge on any atom is 0.317 e. The quantitative estimate of drug-likeness (QED) is 0.400. The first-order valence-corrected chi connectivity index (χ1v) is 2.30. The van der Waals surface area contributed by atoms with Crippen molar-refractivity contribution >= 4 is 5.97 Å². The average Bonchev–Trinajstić information content (AvgIpc) is 1.66. The zero-order valence-electron chi connectivity index (χ0n) is 4.42. The molecule has 0 aromatic carbocycles. The lowest BCUT2D eigenvalue weighted by Crippen LogP contribution is -2.25. The minimum Gasteiger partial charge on any atom is -0.480 e. The summed E-state index contributed by atoms with van der Waals surface area (Å²) in [4.78, 5) is 9.73. The smallest absolute Gasteiger partial charge is 0.317 e. The summed E-state index contributed by atoms with van der Waals surface area (Å²) >= 11 is 0. The van der Waals surface area contributed by atoms with Gasteiger partial charge in [-0.1, -0.05) is 0 Å². The van der Waals surface area contributed by atoms with Crippen LogP contribution in [-0.2, 0) is 4.79 Å². The zero-order chi connectivity index (χ0) is 6.41. The molecule has 0 fully saturated rings. The van der Waals surface area contributed by atoms with Crippen molar-refractivity contribution in [2.45, 2.75) is 0 Å². The maximum absolute atomic E-state index is 9.73. The lowest BCUT2D eigenvalue weighted by Gasteiger charge is -1.93. The summed E-state index contributed by atoms with van der Waals surface area (Å²) in [5.74, 6) is -0.904. The van der Waals surface area contributed by atoms with Gasteiger partial charge in [-0.25, -0.2) is 0 Å². The van der Waals surface area contributed by atoms with Gasteiger partial charge in [-0.3, -0.25) is 4.79 Å². The number of carboxylic acids is 1. The molecular formula is C4H9NO3. The normalized spacial score (nSPS) is 9.12. The lowest BCUT2D eigenvalue weighted by molar-refractivity contribution is -0.135. The molecule has 48 valence electrons. The van der Waals surface area contributed by atoms with Gasteiger partial charge in [0.05, 0.1) is 13.2 Å². The highest BCUT2D eigenvalue weighted by Crippen LogP contribution is 1.58. The van der Waals surface area contributed by atoms with E-state index in [-0.39, 0.29) is 13.2 Å². The number of hydrogen-bond acceptors (Lipinski definition) is 3. The molecule has 0 aliphatic carbocycles. The van der Waals surface area contributed by atoms with Crippen LogP contribution in [0.25, 0.3) is 0 Å². The Hall–Kier alpha value is -0.610. The van der Waals surface area contributed by atoms with Crippen molar-refractivity contribution in [3.05, 3.63) is 0 Å². The molecule has 0 spiro atoms. The lowest BCUT2D eigenvalue weighted by atomic mass is 10.6. The second kappa shape index (κ2) is 4.55. The highest BCUT2D eigenvalue weighted by Gasteiger charge is 1.91. The Labute approximate surface area is 47.1 Å². The fraction of sp³-hybridized carbons (Fsp3) is 0.750. The molecule has 0 rings (SSSR count). The van der Waals surface area contributed by atoms with Crippen molar-refractivity contribution in [2.24, 2.45) is 0 Å². The molecule has 4 nitrogen and oxygen atoms in total. The van der Waals surface area contributed by atoms with E-state index in [0.29, 0.717) is 6.54 Å². The molecule has 8 heavy (non-hydrogen) atoms. The van der Waals surface area contributed by atoms with Gasteiger partial charge in [-0.2, -0.15) is 0 Å². The van der Waals surface area contributed by atoms with Gasteiger partial charge in [0.2, 0.25) is 0 Å². The Morgan fingerprint density at radius 2 is 2.25 bits per heavy atom. The Morgan fingerprint density at radius 1 is 1.62 bits per heavy atom. The molecule has 0 aromatic rings. The van der Waals surface area contributed by atoms with Gasteiger partial charge in [0.25, 0.3) is 0 Å². The largest absolute Gasteiger partial charge is 0.480 e. The summed E-state index contributed by atoms with van der Waals surface area (Å²) in [5.41, 5.74) is 0. The standard InChI is InChI=1S/C4H9NO3/c6-2-1-5-3-4(7)8/h5-6H,1-3H2,(H,7,8). The van der Waals surface area contributed by atoms with Gasteiger partial charge in [0, 0.05) is 6.54 Å². The van der Waals surface area contributed by atoms with Gasteiger partial charge < -0.3 is 15.5 Å². The molecule has 0 amide bonds. The highest BCUT2D eigenvalue weighted by molar-refractivity contribution is 5.68. The SMILES string of the molecule is O=C(O)CNCCO. The second-order valence-electron chi connectivity index (χ2n) is 1.29. The van der Waals surface area contributed by atoms with Crippen LogP contribution in [0.3, 0.4) is 0 Å². The van der Waals surface area contributed by atoms with Crippen molar-refractivity contribution in [1.82, 2.24) is 5.32 Å². The number of carbonyl (C=O) groups is 1. The molecule has 4 heteroatoms. The topological polar surface area (TPSA) is 69.6 Å². The third kappa shape index (κ3) is 5.39. The maximum atomic E-state index is 9.73. The molecule has 0 bridgehead atoms. The highest BCUT2D eigenvalue weighted by atomic mass is 16.4. The van der Waals surface area contributed by atoms with E-state index >= 15 is 0 Å². The predicted molar refractivity (Wildman–Crippen MR) is 27.6 cm³/mol. The number of carboxylic acid groups (broad SMARTS) is 1. The van der Waals surface area contributed by atoms with Crippen molar-refractivity contribution in [2.75, 3.05) is 19.7 Å². The molecule has 0 aliphatic heterocycles. The number of rotatable bonds is 4. The molecule has 3 N–H and O–H groups in total. The minimum absolute atomic E-state index is 0.0206. The van der Waals surface area contributed by atoms with Crippen LogP contribution in [0.2, 0.25) is 0 Å². The van der Waals surface area contributed by atoms with Gasteiger partial charge in [-0.05, 0) is 0 Å². The van der Waals surface area contributed by atoms with Crippen molar-refractivity contribution < 1.29 is 15.0 Å². The summed E-state index contributed by atoms with van der Waals surface area (Å²) in [6.45, 7) is 0.236. The molecule has 0 aliphatic rings. The molecule has 0 atom stereocenters. The Balaban J connectivity index is 2.82. The first-order valence-electron chi connectivity index (χ1n) is 2.30. The van der Waals surface area contributed by atoms with Gasteiger partial charge in [0.1, 0.15) is 0 Å². The van der Waals surface area contributed by atoms with E-state index in [9.17, 15) is 4.79 Å². The van der Waals surface area contributed by atoms with Crippen LogP contribution in [0.15, 0.2) is 0 Å². The summed E-state index contributed by atoms with van der Waals surface area (Å²) < 4.78 is 0. The first-order chi connectivity index (χ1) is 3.77. The van der Waals surface area contributed by atoms with Crippen LogP contribution in [0, 0.1) is 0 Å². The van der Waals surface area contributed by atoms with Gasteiger partial charge in [-0.15, -0.1) is 0 Å². The summed E-state index contributed by atoms with van der Waals surface area (Å²) in [6.07, 6.45) is 0. The summed E-state index contributed by atoms with van der Waals surface area (Å²) in [5, 5.41) is 18.6. The minimum atomic E-state index is -0.904. The third-order valence-electron chi connectivity index (χ3n) is 0.565. The first kappa shape index (κ1) is 7.39. The van der Waals surface area contributed by atoms with E-state index < -0.39 is 5.97 Å². The Kier molecular flexibility index (Phi) is 4.20. The van der Waals surface area contributed by atoms with E-state index in [2.05, 4.69) is 5.32 Å². The number of nitrogens with one attached hydrogen (secondary N) is 1. The van der Waals surface area contributed by atoms with E-state index in [4.69, 9.17) is 10.2 Å². The summed E-state index contributed by atoms with van der Waals surface area (Å²) in [7, 11) is 0. The predicted octanol–water partition coefficient (Wildman–Crippen LogP) is -1.35. The number of aliphatic hydroxyl groups is 1. The van der Waals surface area contributed by atoms with E-state index in [0.717, 1.165) is 0 Å².